The van der Waals surface area contributed by atoms with Crippen LogP contribution in [-0.4, -0.2) is 59.2 Å². The normalized spacial score (nSPS) is 21.4. The molecular weight excluding hydrogens is 476 g/mol. The van der Waals surface area contributed by atoms with Gasteiger partial charge in [0.1, 0.15) is 11.9 Å². The summed E-state index contributed by atoms with van der Waals surface area (Å²) in [5.74, 6) is -0.266. The highest BCUT2D eigenvalue weighted by molar-refractivity contribution is 5.94. The predicted molar refractivity (Wildman–Crippen MR) is 127 cm³/mol. The van der Waals surface area contributed by atoms with E-state index in [1.54, 1.807) is 17.9 Å². The number of carbonyl (C=O) groups is 1. The molecule has 0 spiro atoms. The highest BCUT2D eigenvalue weighted by Gasteiger charge is 2.32. The summed E-state index contributed by atoms with van der Waals surface area (Å²) >= 11 is 0. The maximum atomic E-state index is 14.2. The molecule has 1 aromatic heterocycles. The minimum Gasteiger partial charge on any atom is -0.467 e. The standard InChI is InChI=1S/C26H32F4N4O2/c1-16-22(15-17-6-5-7-18(14-17)26(28,29)30)32-25(36-2)33-23(16)24(35)34-12-10-19(11-13-34)31-21-9-4-3-8-20(21)27/h5-7,14,19-21,31H,3-4,8-13,15H2,1-2H3. The molecule has 1 amide bonds. The molecule has 2 heterocycles. The second-order valence-electron chi connectivity index (χ2n) is 9.65. The number of likely N-dealkylation sites (tertiary alicyclic amines) is 1. The fourth-order valence-electron chi connectivity index (χ4n) is 5.04. The van der Waals surface area contributed by atoms with Crippen LogP contribution in [0.15, 0.2) is 24.3 Å². The topological polar surface area (TPSA) is 67.3 Å². The van der Waals surface area contributed by atoms with E-state index in [0.29, 0.717) is 49.2 Å². The lowest BCUT2D eigenvalue weighted by atomic mass is 9.92. The smallest absolute Gasteiger partial charge is 0.416 e. The summed E-state index contributed by atoms with van der Waals surface area (Å²) in [5.41, 5.74) is 0.825. The van der Waals surface area contributed by atoms with Gasteiger partial charge < -0.3 is 15.0 Å². The van der Waals surface area contributed by atoms with Crippen LogP contribution in [-0.2, 0) is 12.6 Å². The van der Waals surface area contributed by atoms with E-state index in [1.807, 2.05) is 0 Å². The van der Waals surface area contributed by atoms with Gasteiger partial charge in [-0.05, 0) is 44.2 Å². The van der Waals surface area contributed by atoms with Crippen LogP contribution in [0.2, 0.25) is 0 Å². The fraction of sp³-hybridized carbons (Fsp3) is 0.577. The van der Waals surface area contributed by atoms with Gasteiger partial charge in [-0.25, -0.2) is 4.39 Å². The molecule has 2 aliphatic rings. The fourth-order valence-corrected chi connectivity index (χ4v) is 5.04. The Morgan fingerprint density at radius 2 is 1.86 bits per heavy atom. The molecule has 1 saturated carbocycles. The van der Waals surface area contributed by atoms with Gasteiger partial charge in [0.15, 0.2) is 0 Å². The third-order valence-corrected chi connectivity index (χ3v) is 7.15. The van der Waals surface area contributed by atoms with Crippen molar-refractivity contribution >= 4 is 5.91 Å². The first kappa shape index (κ1) is 26.3. The Kier molecular flexibility index (Phi) is 8.12. The molecule has 1 saturated heterocycles. The summed E-state index contributed by atoms with van der Waals surface area (Å²) in [5, 5.41) is 3.45. The summed E-state index contributed by atoms with van der Waals surface area (Å²) in [6.07, 6.45) is -0.311. The third kappa shape index (κ3) is 6.14. The van der Waals surface area contributed by atoms with E-state index in [1.165, 1.54) is 13.2 Å². The molecule has 2 fully saturated rings. The molecule has 6 nitrogen and oxygen atoms in total. The van der Waals surface area contributed by atoms with Crippen LogP contribution in [0.25, 0.3) is 0 Å². The number of nitrogens with zero attached hydrogens (tertiary/aromatic N) is 3. The average molecular weight is 509 g/mol. The number of halogens is 4. The van der Waals surface area contributed by atoms with Crippen molar-refractivity contribution in [1.82, 2.24) is 20.2 Å². The Bertz CT molecular complexity index is 1070. The Hall–Kier alpha value is -2.75. The van der Waals surface area contributed by atoms with Crippen molar-refractivity contribution in [2.45, 2.75) is 76.3 Å². The lowest BCUT2D eigenvalue weighted by molar-refractivity contribution is -0.137. The van der Waals surface area contributed by atoms with E-state index in [0.717, 1.165) is 31.4 Å². The SMILES string of the molecule is COc1nc(Cc2cccc(C(F)(F)F)c2)c(C)c(C(=O)N2CCC(NC3CCCCC3F)CC2)n1. The van der Waals surface area contributed by atoms with Crippen LogP contribution in [0, 0.1) is 6.92 Å². The quantitative estimate of drug-likeness (QED) is 0.564. The molecule has 1 aromatic carbocycles. The number of ether oxygens (including phenoxy) is 1. The molecule has 1 aliphatic carbocycles. The van der Waals surface area contributed by atoms with E-state index in [2.05, 4.69) is 15.3 Å². The lowest BCUT2D eigenvalue weighted by Crippen LogP contribution is -2.51. The predicted octanol–water partition coefficient (Wildman–Crippen LogP) is 4.88. The third-order valence-electron chi connectivity index (χ3n) is 7.15. The molecule has 0 bridgehead atoms. The van der Waals surface area contributed by atoms with Crippen LogP contribution in [0.5, 0.6) is 6.01 Å². The highest BCUT2D eigenvalue weighted by atomic mass is 19.4. The molecule has 10 heteroatoms. The molecule has 36 heavy (non-hydrogen) atoms. The monoisotopic (exact) mass is 508 g/mol. The van der Waals surface area contributed by atoms with Crippen LogP contribution >= 0.6 is 0 Å². The van der Waals surface area contributed by atoms with E-state index >= 15 is 0 Å². The maximum Gasteiger partial charge on any atom is 0.416 e. The van der Waals surface area contributed by atoms with Gasteiger partial charge in [0.2, 0.25) is 0 Å². The number of methoxy groups -OCH3 is 1. The zero-order valence-corrected chi connectivity index (χ0v) is 20.6. The molecule has 2 atom stereocenters. The van der Waals surface area contributed by atoms with Gasteiger partial charge in [0, 0.05) is 37.2 Å². The van der Waals surface area contributed by atoms with Crippen molar-refractivity contribution in [3.8, 4) is 6.01 Å². The Balaban J connectivity index is 1.46. The second kappa shape index (κ2) is 11.1. The number of aromatic nitrogens is 2. The van der Waals surface area contributed by atoms with E-state index < -0.39 is 17.9 Å². The van der Waals surface area contributed by atoms with E-state index in [-0.39, 0.29) is 36.1 Å². The van der Waals surface area contributed by atoms with Gasteiger partial charge in [-0.3, -0.25) is 4.79 Å². The minimum atomic E-state index is -4.45. The summed E-state index contributed by atoms with van der Waals surface area (Å²) < 4.78 is 58.8. The number of amides is 1. The molecule has 1 N–H and O–H groups in total. The van der Waals surface area contributed by atoms with Crippen molar-refractivity contribution in [2.24, 2.45) is 0 Å². The number of rotatable bonds is 6. The first-order chi connectivity index (χ1) is 17.2. The molecule has 2 unspecified atom stereocenters. The van der Waals surface area contributed by atoms with E-state index in [4.69, 9.17) is 4.74 Å². The lowest BCUT2D eigenvalue weighted by Gasteiger charge is -2.36. The first-order valence-corrected chi connectivity index (χ1v) is 12.4. The molecular formula is C26H32F4N4O2. The summed E-state index contributed by atoms with van der Waals surface area (Å²) in [6.45, 7) is 2.72. The summed E-state index contributed by atoms with van der Waals surface area (Å²) in [7, 11) is 1.38. The van der Waals surface area contributed by atoms with Gasteiger partial charge >= 0.3 is 12.2 Å². The van der Waals surface area contributed by atoms with Gasteiger partial charge in [0.05, 0.1) is 18.4 Å². The van der Waals surface area contributed by atoms with Crippen molar-refractivity contribution in [3.05, 3.63) is 52.3 Å². The number of nitrogens with one attached hydrogen (secondary N) is 1. The molecule has 4 rings (SSSR count). The first-order valence-electron chi connectivity index (χ1n) is 12.4. The Morgan fingerprint density at radius 3 is 2.53 bits per heavy atom. The van der Waals surface area contributed by atoms with Crippen LogP contribution in [0.1, 0.15) is 71.4 Å². The number of alkyl halides is 4. The van der Waals surface area contributed by atoms with Gasteiger partial charge in [-0.1, -0.05) is 31.0 Å². The highest BCUT2D eigenvalue weighted by Crippen LogP contribution is 2.30. The van der Waals surface area contributed by atoms with Crippen LogP contribution in [0.3, 0.4) is 0 Å². The summed E-state index contributed by atoms with van der Waals surface area (Å²) in [4.78, 5) is 23.7. The van der Waals surface area contributed by atoms with Gasteiger partial charge in [0.25, 0.3) is 5.91 Å². The van der Waals surface area contributed by atoms with Crippen molar-refractivity contribution in [3.63, 3.8) is 0 Å². The van der Waals surface area contributed by atoms with E-state index in [9.17, 15) is 22.4 Å². The molecule has 1 aliphatic heterocycles. The van der Waals surface area contributed by atoms with Crippen LogP contribution in [0.4, 0.5) is 17.6 Å². The zero-order chi connectivity index (χ0) is 25.9. The average Bonchev–Trinajstić information content (AvgIpc) is 2.86. The molecule has 0 radical (unpaired) electrons. The number of piperidine rings is 1. The number of benzene rings is 1. The Labute approximate surface area is 208 Å². The van der Waals surface area contributed by atoms with Crippen molar-refractivity contribution in [2.75, 3.05) is 20.2 Å². The van der Waals surface area contributed by atoms with Crippen molar-refractivity contribution in [1.29, 1.82) is 0 Å². The molecule has 2 aromatic rings. The van der Waals surface area contributed by atoms with Crippen molar-refractivity contribution < 1.29 is 27.1 Å². The van der Waals surface area contributed by atoms with Gasteiger partial charge in [-0.15, -0.1) is 0 Å². The number of hydrogen-bond donors (Lipinski definition) is 1. The minimum absolute atomic E-state index is 0.00577. The Morgan fingerprint density at radius 1 is 1.14 bits per heavy atom. The van der Waals surface area contributed by atoms with Crippen LogP contribution < -0.4 is 10.1 Å². The zero-order valence-electron chi connectivity index (χ0n) is 20.6. The maximum absolute atomic E-state index is 14.2. The second-order valence-corrected chi connectivity index (χ2v) is 9.65. The van der Waals surface area contributed by atoms with Gasteiger partial charge in [-0.2, -0.15) is 23.1 Å². The largest absolute Gasteiger partial charge is 0.467 e. The summed E-state index contributed by atoms with van der Waals surface area (Å²) in [6, 6.07) is 5.10. The number of hydrogen-bond acceptors (Lipinski definition) is 5. The number of carbonyl (C=O) groups excluding carboxylic acids is 1. The molecule has 196 valence electrons.